The van der Waals surface area contributed by atoms with Crippen LogP contribution in [-0.2, 0) is 0 Å². The number of halogens is 1. The topological polar surface area (TPSA) is 20.2 Å². The summed E-state index contributed by atoms with van der Waals surface area (Å²) in [5, 5.41) is 9.74. The van der Waals surface area contributed by atoms with Gasteiger partial charge in [0.25, 0.3) is 0 Å². The number of rotatable bonds is 5. The van der Waals surface area contributed by atoms with E-state index in [-0.39, 0.29) is 5.82 Å². The van der Waals surface area contributed by atoms with Gasteiger partial charge in [-0.2, -0.15) is 0 Å². The van der Waals surface area contributed by atoms with E-state index in [4.69, 9.17) is 0 Å². The quantitative estimate of drug-likeness (QED) is 0.733. The molecule has 0 saturated heterocycles. The fourth-order valence-corrected chi connectivity index (χ4v) is 1.33. The summed E-state index contributed by atoms with van der Waals surface area (Å²) in [6, 6.07) is 5.98. The van der Waals surface area contributed by atoms with Crippen molar-refractivity contribution in [2.75, 3.05) is 0 Å². The molecule has 0 aliphatic rings. The first-order valence-electron chi connectivity index (χ1n) is 5.32. The highest BCUT2D eigenvalue weighted by atomic mass is 19.1. The lowest BCUT2D eigenvalue weighted by Gasteiger charge is -2.07. The first-order valence-corrected chi connectivity index (χ1v) is 5.32. The molecule has 2 heteroatoms. The summed E-state index contributed by atoms with van der Waals surface area (Å²) >= 11 is 0. The molecule has 0 aliphatic heterocycles. The molecule has 15 heavy (non-hydrogen) atoms. The van der Waals surface area contributed by atoms with Crippen molar-refractivity contribution in [3.05, 3.63) is 47.8 Å². The Kier molecular flexibility index (Phi) is 5.05. The Morgan fingerprint density at radius 2 is 1.93 bits per heavy atom. The van der Waals surface area contributed by atoms with Crippen molar-refractivity contribution >= 4 is 0 Å². The first-order chi connectivity index (χ1) is 7.24. The average Bonchev–Trinajstić information content (AvgIpc) is 2.25. The zero-order chi connectivity index (χ0) is 11.1. The minimum atomic E-state index is -0.529. The van der Waals surface area contributed by atoms with Crippen LogP contribution in [0.3, 0.4) is 0 Å². The maximum Gasteiger partial charge on any atom is 0.123 e. The monoisotopic (exact) mass is 208 g/mol. The van der Waals surface area contributed by atoms with Crippen LogP contribution in [0.2, 0.25) is 0 Å². The van der Waals surface area contributed by atoms with Gasteiger partial charge in [0.05, 0.1) is 6.10 Å². The van der Waals surface area contributed by atoms with Crippen molar-refractivity contribution < 1.29 is 9.50 Å². The van der Waals surface area contributed by atoms with Crippen LogP contribution < -0.4 is 0 Å². The lowest BCUT2D eigenvalue weighted by atomic mass is 10.1. The number of hydrogen-bond acceptors (Lipinski definition) is 1. The number of hydrogen-bond donors (Lipinski definition) is 1. The van der Waals surface area contributed by atoms with Crippen molar-refractivity contribution in [2.24, 2.45) is 0 Å². The fraction of sp³-hybridized carbons (Fsp3) is 0.385. The van der Waals surface area contributed by atoms with Crippen molar-refractivity contribution in [3.63, 3.8) is 0 Å². The third kappa shape index (κ3) is 4.26. The fourth-order valence-electron chi connectivity index (χ4n) is 1.33. The largest absolute Gasteiger partial charge is 0.388 e. The van der Waals surface area contributed by atoms with Crippen molar-refractivity contribution in [1.82, 2.24) is 0 Å². The normalized spacial score (nSPS) is 13.3. The van der Waals surface area contributed by atoms with Crippen LogP contribution in [-0.4, -0.2) is 5.11 Å². The number of aliphatic hydroxyl groups excluding tert-OH is 1. The Balaban J connectivity index is 2.46. The van der Waals surface area contributed by atoms with Crippen molar-refractivity contribution in [3.8, 4) is 0 Å². The second-order valence-corrected chi connectivity index (χ2v) is 3.56. The molecule has 82 valence electrons. The van der Waals surface area contributed by atoms with Crippen molar-refractivity contribution in [2.45, 2.75) is 32.3 Å². The van der Waals surface area contributed by atoms with E-state index in [1.807, 2.05) is 6.08 Å². The third-order valence-corrected chi connectivity index (χ3v) is 2.24. The minimum Gasteiger partial charge on any atom is -0.388 e. The third-order valence-electron chi connectivity index (χ3n) is 2.24. The molecule has 0 aliphatic carbocycles. The van der Waals surface area contributed by atoms with Gasteiger partial charge in [-0.15, -0.1) is 0 Å². The highest BCUT2D eigenvalue weighted by Crippen LogP contribution is 2.17. The summed E-state index contributed by atoms with van der Waals surface area (Å²) in [5.41, 5.74) is 0.762. The maximum absolute atomic E-state index is 12.6. The van der Waals surface area contributed by atoms with E-state index >= 15 is 0 Å². The van der Waals surface area contributed by atoms with Crippen LogP contribution in [0.4, 0.5) is 4.39 Å². The average molecular weight is 208 g/mol. The zero-order valence-corrected chi connectivity index (χ0v) is 8.99. The van der Waals surface area contributed by atoms with Gasteiger partial charge in [-0.05, 0) is 30.5 Å². The molecule has 0 unspecified atom stereocenters. The van der Waals surface area contributed by atoms with Gasteiger partial charge in [0.15, 0.2) is 0 Å². The predicted molar refractivity (Wildman–Crippen MR) is 60.0 cm³/mol. The summed E-state index contributed by atoms with van der Waals surface area (Å²) in [5.74, 6) is -0.271. The molecule has 1 aromatic rings. The van der Waals surface area contributed by atoms with E-state index < -0.39 is 6.10 Å². The Morgan fingerprint density at radius 1 is 1.27 bits per heavy atom. The van der Waals surface area contributed by atoms with Gasteiger partial charge in [-0.3, -0.25) is 0 Å². The molecule has 0 spiro atoms. The summed E-state index contributed by atoms with van der Waals surface area (Å²) in [7, 11) is 0. The van der Waals surface area contributed by atoms with Crippen LogP contribution in [0, 0.1) is 5.82 Å². The zero-order valence-electron chi connectivity index (χ0n) is 8.99. The molecule has 0 saturated carbocycles. The Morgan fingerprint density at radius 3 is 2.53 bits per heavy atom. The van der Waals surface area contributed by atoms with E-state index in [1.165, 1.54) is 12.1 Å². The minimum absolute atomic E-state index is 0.271. The van der Waals surface area contributed by atoms with Gasteiger partial charge in [-0.1, -0.05) is 37.6 Å². The standard InChI is InChI=1S/C13H17FO/c1-2-3-4-5-6-13(15)11-7-9-12(14)10-8-11/h4-5,7-10,13,15H,2-3,6H2,1H3/b5-4+/t13-/m0/s1. The molecule has 0 aromatic heterocycles. The molecule has 0 bridgehead atoms. The van der Waals surface area contributed by atoms with E-state index in [9.17, 15) is 9.50 Å². The van der Waals surface area contributed by atoms with Crippen molar-refractivity contribution in [1.29, 1.82) is 0 Å². The molecule has 0 radical (unpaired) electrons. The van der Waals surface area contributed by atoms with Crippen LogP contribution in [0.5, 0.6) is 0 Å². The second kappa shape index (κ2) is 6.36. The predicted octanol–water partition coefficient (Wildman–Crippen LogP) is 3.61. The first kappa shape index (κ1) is 11.9. The van der Waals surface area contributed by atoms with Crippen LogP contribution in [0.15, 0.2) is 36.4 Å². The van der Waals surface area contributed by atoms with E-state index in [1.54, 1.807) is 12.1 Å². The molecule has 0 heterocycles. The second-order valence-electron chi connectivity index (χ2n) is 3.56. The Labute approximate surface area is 90.3 Å². The number of allylic oxidation sites excluding steroid dienone is 1. The van der Waals surface area contributed by atoms with Gasteiger partial charge < -0.3 is 5.11 Å². The lowest BCUT2D eigenvalue weighted by molar-refractivity contribution is 0.181. The van der Waals surface area contributed by atoms with E-state index in [0.29, 0.717) is 6.42 Å². The summed E-state index contributed by atoms with van der Waals surface area (Å²) in [6.45, 7) is 2.11. The van der Waals surface area contributed by atoms with Gasteiger partial charge >= 0.3 is 0 Å². The molecular weight excluding hydrogens is 191 g/mol. The lowest BCUT2D eigenvalue weighted by Crippen LogP contribution is -1.95. The number of unbranched alkanes of at least 4 members (excludes halogenated alkanes) is 1. The van der Waals surface area contributed by atoms with Gasteiger partial charge in [-0.25, -0.2) is 4.39 Å². The number of aliphatic hydroxyl groups is 1. The summed E-state index contributed by atoms with van der Waals surface area (Å²) < 4.78 is 12.6. The van der Waals surface area contributed by atoms with Gasteiger partial charge in [0, 0.05) is 0 Å². The smallest absolute Gasteiger partial charge is 0.123 e. The molecule has 0 amide bonds. The van der Waals surface area contributed by atoms with Crippen LogP contribution in [0.1, 0.15) is 37.9 Å². The SMILES string of the molecule is CCC/C=C/C[C@H](O)c1ccc(F)cc1. The molecule has 1 atom stereocenters. The highest BCUT2D eigenvalue weighted by Gasteiger charge is 2.04. The summed E-state index contributed by atoms with van der Waals surface area (Å²) in [4.78, 5) is 0. The van der Waals surface area contributed by atoms with E-state index in [0.717, 1.165) is 18.4 Å². The molecular formula is C13H17FO. The highest BCUT2D eigenvalue weighted by molar-refractivity contribution is 5.19. The maximum atomic E-state index is 12.6. The molecule has 0 fully saturated rings. The molecule has 1 rings (SSSR count). The Hall–Kier alpha value is -1.15. The molecule has 1 aromatic carbocycles. The van der Waals surface area contributed by atoms with Crippen LogP contribution in [0.25, 0.3) is 0 Å². The van der Waals surface area contributed by atoms with Gasteiger partial charge in [0.2, 0.25) is 0 Å². The number of benzene rings is 1. The van der Waals surface area contributed by atoms with Gasteiger partial charge in [0.1, 0.15) is 5.82 Å². The van der Waals surface area contributed by atoms with Crippen LogP contribution >= 0.6 is 0 Å². The summed E-state index contributed by atoms with van der Waals surface area (Å²) in [6.07, 6.45) is 6.24. The molecule has 1 nitrogen and oxygen atoms in total. The Bertz CT molecular complexity index is 303. The van der Waals surface area contributed by atoms with E-state index in [2.05, 4.69) is 13.0 Å². The molecule has 1 N–H and O–H groups in total.